The lowest BCUT2D eigenvalue weighted by molar-refractivity contribution is 0.972. The molecule has 2 aromatic heterocycles. The molecule has 120 valence electrons. The van der Waals surface area contributed by atoms with Crippen molar-refractivity contribution in [3.8, 4) is 0 Å². The molecule has 0 aliphatic heterocycles. The van der Waals surface area contributed by atoms with Gasteiger partial charge in [0.15, 0.2) is 9.47 Å². The Morgan fingerprint density at radius 1 is 1.22 bits per heavy atom. The summed E-state index contributed by atoms with van der Waals surface area (Å²) in [5.41, 5.74) is 3.36. The predicted molar refractivity (Wildman–Crippen MR) is 100 cm³/mol. The molecule has 0 aliphatic rings. The summed E-state index contributed by atoms with van der Waals surface area (Å²) in [6.45, 7) is 2.09. The van der Waals surface area contributed by atoms with Crippen LogP contribution in [-0.2, 0) is 5.75 Å². The lowest BCUT2D eigenvalue weighted by atomic mass is 10.2. The first-order chi connectivity index (χ1) is 11.1. The van der Waals surface area contributed by atoms with Crippen molar-refractivity contribution in [1.82, 2.24) is 15.2 Å². The van der Waals surface area contributed by atoms with Gasteiger partial charge in [0, 0.05) is 30.9 Å². The normalized spacial score (nSPS) is 10.7. The van der Waals surface area contributed by atoms with Crippen molar-refractivity contribution in [3.63, 3.8) is 0 Å². The van der Waals surface area contributed by atoms with Crippen LogP contribution in [0, 0.1) is 6.92 Å². The monoisotopic (exact) mass is 363 g/mol. The first kappa shape index (κ1) is 16.2. The molecule has 0 amide bonds. The van der Waals surface area contributed by atoms with E-state index in [1.54, 1.807) is 34.4 Å². The second-order valence-electron chi connectivity index (χ2n) is 5.12. The highest BCUT2D eigenvalue weighted by Crippen LogP contribution is 2.31. The fourth-order valence-electron chi connectivity index (χ4n) is 1.84. The molecule has 1 N–H and O–H groups in total. The third-order valence-electron chi connectivity index (χ3n) is 3.06. The predicted octanol–water partition coefficient (Wildman–Crippen LogP) is 4.40. The largest absolute Gasteiger partial charge is 0.353 e. The molecule has 3 rings (SSSR count). The van der Waals surface area contributed by atoms with Crippen LogP contribution in [0.3, 0.4) is 0 Å². The van der Waals surface area contributed by atoms with Crippen molar-refractivity contribution in [2.45, 2.75) is 17.0 Å². The summed E-state index contributed by atoms with van der Waals surface area (Å²) >= 11 is 4.89. The first-order valence-electron chi connectivity index (χ1n) is 7.02. The Labute approximate surface area is 147 Å². The summed E-state index contributed by atoms with van der Waals surface area (Å²) in [5, 5.41) is 15.6. The van der Waals surface area contributed by atoms with Gasteiger partial charge in [-0.15, -0.1) is 21.5 Å². The average molecular weight is 364 g/mol. The molecule has 0 bridgehead atoms. The number of anilines is 3. The molecule has 0 saturated heterocycles. The summed E-state index contributed by atoms with van der Waals surface area (Å²) in [5.74, 6) is 0.800. The van der Waals surface area contributed by atoms with Gasteiger partial charge in [0.25, 0.3) is 0 Å². The molecule has 0 radical (unpaired) electrons. The number of benzene rings is 1. The quantitative estimate of drug-likeness (QED) is 0.655. The fourth-order valence-corrected chi connectivity index (χ4v) is 4.32. The second kappa shape index (κ2) is 7.29. The smallest absolute Gasteiger partial charge is 0.208 e. The Morgan fingerprint density at radius 2 is 2.04 bits per heavy atom. The summed E-state index contributed by atoms with van der Waals surface area (Å²) in [6, 6.07) is 8.21. The van der Waals surface area contributed by atoms with Gasteiger partial charge in [-0.25, -0.2) is 4.98 Å². The number of hydrogen-bond acceptors (Lipinski definition) is 8. The number of para-hydroxylation sites is 1. The highest BCUT2D eigenvalue weighted by atomic mass is 32.2. The topological polar surface area (TPSA) is 53.9 Å². The minimum Gasteiger partial charge on any atom is -0.353 e. The summed E-state index contributed by atoms with van der Waals surface area (Å²) in [6.07, 6.45) is 0. The van der Waals surface area contributed by atoms with Crippen LogP contribution in [0.4, 0.5) is 16.0 Å². The summed E-state index contributed by atoms with van der Waals surface area (Å²) in [4.78, 5) is 6.60. The minimum absolute atomic E-state index is 0.800. The van der Waals surface area contributed by atoms with Crippen LogP contribution < -0.4 is 10.2 Å². The molecule has 0 saturated carbocycles. The van der Waals surface area contributed by atoms with E-state index in [4.69, 9.17) is 0 Å². The number of thiazole rings is 1. The van der Waals surface area contributed by atoms with Gasteiger partial charge in [0.2, 0.25) is 5.13 Å². The van der Waals surface area contributed by atoms with Gasteiger partial charge in [0.1, 0.15) is 0 Å². The van der Waals surface area contributed by atoms with Gasteiger partial charge < -0.3 is 10.2 Å². The summed E-state index contributed by atoms with van der Waals surface area (Å²) < 4.78 is 0.968. The van der Waals surface area contributed by atoms with Crippen molar-refractivity contribution in [2.75, 3.05) is 24.3 Å². The highest BCUT2D eigenvalue weighted by molar-refractivity contribution is 8.00. The fraction of sp³-hybridized carbons (Fsp3) is 0.267. The molecule has 23 heavy (non-hydrogen) atoms. The molecule has 2 heterocycles. The van der Waals surface area contributed by atoms with E-state index in [1.165, 1.54) is 5.56 Å². The lowest BCUT2D eigenvalue weighted by Gasteiger charge is -2.05. The summed E-state index contributed by atoms with van der Waals surface area (Å²) in [7, 11) is 3.94. The number of aryl methyl sites for hydroxylation is 1. The maximum atomic E-state index is 4.64. The molecular formula is C15H17N5S3. The number of nitrogens with zero attached hydrogens (tertiary/aromatic N) is 4. The average Bonchev–Trinajstić information content (AvgIpc) is 3.17. The SMILES string of the molecule is Cc1ccccc1Nc1nc(CSc2nnc(N(C)C)s2)cs1. The van der Waals surface area contributed by atoms with Gasteiger partial charge >= 0.3 is 0 Å². The van der Waals surface area contributed by atoms with E-state index >= 15 is 0 Å². The molecular weight excluding hydrogens is 346 g/mol. The minimum atomic E-state index is 0.800. The van der Waals surface area contributed by atoms with E-state index in [-0.39, 0.29) is 0 Å². The maximum absolute atomic E-state index is 4.64. The van der Waals surface area contributed by atoms with Crippen LogP contribution in [0.5, 0.6) is 0 Å². The third-order valence-corrected chi connectivity index (χ3v) is 6.12. The van der Waals surface area contributed by atoms with Crippen molar-refractivity contribution < 1.29 is 0 Å². The zero-order chi connectivity index (χ0) is 16.2. The molecule has 3 aromatic rings. The Kier molecular flexibility index (Phi) is 5.14. The van der Waals surface area contributed by atoms with Crippen molar-refractivity contribution >= 4 is 50.4 Å². The number of thioether (sulfide) groups is 1. The van der Waals surface area contributed by atoms with E-state index in [1.807, 2.05) is 31.1 Å². The van der Waals surface area contributed by atoms with E-state index < -0.39 is 0 Å². The van der Waals surface area contributed by atoms with Gasteiger partial charge in [0.05, 0.1) is 5.69 Å². The first-order valence-corrected chi connectivity index (χ1v) is 9.70. The van der Waals surface area contributed by atoms with E-state index in [0.717, 1.165) is 31.7 Å². The zero-order valence-electron chi connectivity index (χ0n) is 13.1. The molecule has 8 heteroatoms. The zero-order valence-corrected chi connectivity index (χ0v) is 15.6. The van der Waals surface area contributed by atoms with Crippen LogP contribution in [0.15, 0.2) is 34.0 Å². The molecule has 0 aliphatic carbocycles. The third kappa shape index (κ3) is 4.21. The number of rotatable bonds is 6. The number of hydrogen-bond donors (Lipinski definition) is 1. The molecule has 0 fully saturated rings. The van der Waals surface area contributed by atoms with E-state index in [2.05, 4.69) is 44.9 Å². The van der Waals surface area contributed by atoms with Crippen molar-refractivity contribution in [1.29, 1.82) is 0 Å². The van der Waals surface area contributed by atoms with Gasteiger partial charge in [-0.05, 0) is 18.6 Å². The molecule has 0 spiro atoms. The van der Waals surface area contributed by atoms with Gasteiger partial charge in [-0.3, -0.25) is 0 Å². The van der Waals surface area contributed by atoms with Crippen LogP contribution >= 0.6 is 34.4 Å². The Hall–Kier alpha value is -1.64. The Bertz CT molecular complexity index is 781. The molecule has 1 aromatic carbocycles. The van der Waals surface area contributed by atoms with Crippen LogP contribution in [0.1, 0.15) is 11.3 Å². The Balaban J connectivity index is 1.60. The lowest BCUT2D eigenvalue weighted by Crippen LogP contribution is -2.07. The van der Waals surface area contributed by atoms with Gasteiger partial charge in [-0.1, -0.05) is 41.3 Å². The van der Waals surface area contributed by atoms with Crippen LogP contribution in [0.2, 0.25) is 0 Å². The second-order valence-corrected chi connectivity index (χ2v) is 8.15. The number of aromatic nitrogens is 3. The van der Waals surface area contributed by atoms with Crippen LogP contribution in [0.25, 0.3) is 0 Å². The van der Waals surface area contributed by atoms with E-state index in [0.29, 0.717) is 0 Å². The highest BCUT2D eigenvalue weighted by Gasteiger charge is 2.09. The molecule has 0 unspecified atom stereocenters. The number of nitrogens with one attached hydrogen (secondary N) is 1. The van der Waals surface area contributed by atoms with E-state index in [9.17, 15) is 0 Å². The molecule has 0 atom stereocenters. The standard InChI is InChI=1S/C15H17N5S3/c1-10-6-4-5-7-12(10)17-13-16-11(8-21-13)9-22-15-19-18-14(23-15)20(2)3/h4-8H,9H2,1-3H3,(H,16,17). The maximum Gasteiger partial charge on any atom is 0.208 e. The Morgan fingerprint density at radius 3 is 2.78 bits per heavy atom. The van der Waals surface area contributed by atoms with Crippen molar-refractivity contribution in [2.24, 2.45) is 0 Å². The van der Waals surface area contributed by atoms with Gasteiger partial charge in [-0.2, -0.15) is 0 Å². The van der Waals surface area contributed by atoms with Crippen molar-refractivity contribution in [3.05, 3.63) is 40.9 Å². The van der Waals surface area contributed by atoms with Crippen LogP contribution in [-0.4, -0.2) is 29.3 Å². The molecule has 5 nitrogen and oxygen atoms in total.